The number of esters is 1. The third kappa shape index (κ3) is 4.17. The van der Waals surface area contributed by atoms with Crippen molar-refractivity contribution in [2.75, 3.05) is 20.3 Å². The summed E-state index contributed by atoms with van der Waals surface area (Å²) in [6.45, 7) is -0.0528. The smallest absolute Gasteiger partial charge is 0.342 e. The van der Waals surface area contributed by atoms with Crippen molar-refractivity contribution in [2.45, 2.75) is 25.3 Å². The third-order valence-corrected chi connectivity index (χ3v) is 4.09. The van der Waals surface area contributed by atoms with E-state index < -0.39 is 30.4 Å². The molecule has 7 nitrogen and oxygen atoms in total. The zero-order chi connectivity index (χ0) is 17.7. The molecule has 0 bridgehead atoms. The first-order chi connectivity index (χ1) is 11.4. The van der Waals surface area contributed by atoms with Gasteiger partial charge in [0, 0.05) is 11.6 Å². The molecule has 0 spiro atoms. The largest absolute Gasteiger partial charge is 0.496 e. The molecule has 1 saturated heterocycles. The summed E-state index contributed by atoms with van der Waals surface area (Å²) in [5.41, 5.74) is 5.45. The van der Waals surface area contributed by atoms with Gasteiger partial charge in [0.1, 0.15) is 17.4 Å². The van der Waals surface area contributed by atoms with Crippen molar-refractivity contribution in [3.05, 3.63) is 28.8 Å². The van der Waals surface area contributed by atoms with Crippen LogP contribution in [0, 0.1) is 0 Å². The van der Waals surface area contributed by atoms with E-state index in [0.717, 1.165) is 12.8 Å². The Bertz CT molecular complexity index is 649. The summed E-state index contributed by atoms with van der Waals surface area (Å²) >= 11 is 5.87. The fourth-order valence-electron chi connectivity index (χ4n) is 2.65. The predicted molar refractivity (Wildman–Crippen MR) is 86.8 cm³/mol. The van der Waals surface area contributed by atoms with Gasteiger partial charge < -0.3 is 20.1 Å². The highest BCUT2D eigenvalue weighted by molar-refractivity contribution is 6.31. The molecule has 1 aliphatic rings. The SMILES string of the molecule is COc1ccc(Cl)cc1C(=O)OCC(=O)N1CCCC[C@@H]1C(N)=O. The van der Waals surface area contributed by atoms with Crippen LogP contribution < -0.4 is 10.5 Å². The number of nitrogens with two attached hydrogens (primary N) is 1. The van der Waals surface area contributed by atoms with Gasteiger partial charge in [-0.05, 0) is 37.5 Å². The van der Waals surface area contributed by atoms with Crippen molar-refractivity contribution in [2.24, 2.45) is 5.73 Å². The number of piperidine rings is 1. The normalized spacial score (nSPS) is 17.2. The number of hydrogen-bond donors (Lipinski definition) is 1. The zero-order valence-electron chi connectivity index (χ0n) is 13.3. The van der Waals surface area contributed by atoms with Gasteiger partial charge in [-0.25, -0.2) is 4.79 Å². The summed E-state index contributed by atoms with van der Waals surface area (Å²) in [5, 5.41) is 0.346. The van der Waals surface area contributed by atoms with Gasteiger partial charge in [0.2, 0.25) is 5.91 Å². The van der Waals surface area contributed by atoms with E-state index >= 15 is 0 Å². The van der Waals surface area contributed by atoms with E-state index in [-0.39, 0.29) is 5.56 Å². The molecule has 0 radical (unpaired) electrons. The van der Waals surface area contributed by atoms with Crippen LogP contribution in [0.25, 0.3) is 0 Å². The van der Waals surface area contributed by atoms with Crippen LogP contribution in [0.4, 0.5) is 0 Å². The lowest BCUT2D eigenvalue weighted by Crippen LogP contribution is -2.51. The minimum absolute atomic E-state index is 0.128. The Kier molecular flexibility index (Phi) is 6.03. The number of likely N-dealkylation sites (tertiary alicyclic amines) is 1. The fourth-order valence-corrected chi connectivity index (χ4v) is 2.83. The van der Waals surface area contributed by atoms with E-state index in [9.17, 15) is 14.4 Å². The monoisotopic (exact) mass is 354 g/mol. The lowest BCUT2D eigenvalue weighted by Gasteiger charge is -2.33. The van der Waals surface area contributed by atoms with Crippen LogP contribution in [0.1, 0.15) is 29.6 Å². The van der Waals surface area contributed by atoms with Crippen molar-refractivity contribution in [1.29, 1.82) is 0 Å². The summed E-state index contributed by atoms with van der Waals surface area (Å²) < 4.78 is 10.1. The number of benzene rings is 1. The predicted octanol–water partition coefficient (Wildman–Crippen LogP) is 1.37. The Balaban J connectivity index is 2.02. The molecule has 1 aromatic rings. The lowest BCUT2D eigenvalue weighted by molar-refractivity contribution is -0.143. The van der Waals surface area contributed by atoms with E-state index in [2.05, 4.69) is 0 Å². The highest BCUT2D eigenvalue weighted by atomic mass is 35.5. The Morgan fingerprint density at radius 1 is 1.33 bits per heavy atom. The van der Waals surface area contributed by atoms with E-state index in [1.54, 1.807) is 6.07 Å². The Morgan fingerprint density at radius 3 is 2.75 bits per heavy atom. The first kappa shape index (κ1) is 18.1. The topological polar surface area (TPSA) is 98.9 Å². The number of amides is 2. The van der Waals surface area contributed by atoms with Crippen LogP contribution in [0.3, 0.4) is 0 Å². The number of carbonyl (C=O) groups excluding carboxylic acids is 3. The van der Waals surface area contributed by atoms with E-state index in [0.29, 0.717) is 23.7 Å². The van der Waals surface area contributed by atoms with Gasteiger partial charge in [-0.1, -0.05) is 11.6 Å². The number of rotatable bonds is 5. The second-order valence-corrected chi connectivity index (χ2v) is 5.86. The van der Waals surface area contributed by atoms with Crippen LogP contribution in [0.15, 0.2) is 18.2 Å². The highest BCUT2D eigenvalue weighted by Crippen LogP contribution is 2.23. The standard InChI is InChI=1S/C16H19ClN2O5/c1-23-13-6-5-10(17)8-11(13)16(22)24-9-14(20)19-7-3-2-4-12(19)15(18)21/h5-6,8,12H,2-4,7,9H2,1H3,(H2,18,21)/t12-/m1/s1. The number of ether oxygens (including phenoxy) is 2. The Morgan fingerprint density at radius 2 is 2.08 bits per heavy atom. The summed E-state index contributed by atoms with van der Waals surface area (Å²) in [7, 11) is 1.41. The quantitative estimate of drug-likeness (QED) is 0.805. The molecule has 0 aliphatic carbocycles. The second-order valence-electron chi connectivity index (χ2n) is 5.42. The molecule has 1 heterocycles. The van der Waals surface area contributed by atoms with E-state index in [1.807, 2.05) is 0 Å². The first-order valence-electron chi connectivity index (χ1n) is 7.53. The van der Waals surface area contributed by atoms with Crippen LogP contribution in [-0.2, 0) is 14.3 Å². The maximum absolute atomic E-state index is 12.3. The lowest BCUT2D eigenvalue weighted by atomic mass is 10.0. The number of carbonyl (C=O) groups is 3. The number of hydrogen-bond acceptors (Lipinski definition) is 5. The second kappa shape index (κ2) is 8.01. The van der Waals surface area contributed by atoms with Gasteiger partial charge in [-0.3, -0.25) is 9.59 Å². The molecule has 0 unspecified atom stereocenters. The molecule has 24 heavy (non-hydrogen) atoms. The van der Waals surface area contributed by atoms with Crippen molar-refractivity contribution in [1.82, 2.24) is 4.90 Å². The van der Waals surface area contributed by atoms with Crippen molar-refractivity contribution < 1.29 is 23.9 Å². The molecular weight excluding hydrogens is 336 g/mol. The van der Waals surface area contributed by atoms with Crippen LogP contribution in [-0.4, -0.2) is 49.0 Å². The minimum atomic E-state index is -0.727. The molecule has 1 aromatic carbocycles. The first-order valence-corrected chi connectivity index (χ1v) is 7.91. The number of halogens is 1. The Labute approximate surface area is 144 Å². The van der Waals surface area contributed by atoms with Gasteiger partial charge in [0.05, 0.1) is 7.11 Å². The van der Waals surface area contributed by atoms with E-state index in [4.69, 9.17) is 26.8 Å². The molecular formula is C16H19ClN2O5. The van der Waals surface area contributed by atoms with Gasteiger partial charge in [0.15, 0.2) is 6.61 Å². The number of methoxy groups -OCH3 is 1. The average Bonchev–Trinajstić information content (AvgIpc) is 2.59. The van der Waals surface area contributed by atoms with Gasteiger partial charge in [-0.15, -0.1) is 0 Å². The minimum Gasteiger partial charge on any atom is -0.496 e. The molecule has 2 N–H and O–H groups in total. The van der Waals surface area contributed by atoms with Crippen molar-refractivity contribution >= 4 is 29.4 Å². The Hall–Kier alpha value is -2.28. The number of primary amides is 1. The van der Waals surface area contributed by atoms with Crippen molar-refractivity contribution in [3.8, 4) is 5.75 Å². The molecule has 130 valence electrons. The molecule has 1 atom stereocenters. The fraction of sp³-hybridized carbons (Fsp3) is 0.438. The maximum atomic E-state index is 12.3. The summed E-state index contributed by atoms with van der Waals surface area (Å²) in [6, 6.07) is 3.87. The molecule has 2 amide bonds. The molecule has 0 aromatic heterocycles. The highest BCUT2D eigenvalue weighted by Gasteiger charge is 2.31. The van der Waals surface area contributed by atoms with Gasteiger partial charge in [0.25, 0.3) is 5.91 Å². The van der Waals surface area contributed by atoms with Crippen molar-refractivity contribution in [3.63, 3.8) is 0 Å². The summed E-state index contributed by atoms with van der Waals surface area (Å²) in [5.74, 6) is -1.43. The van der Waals surface area contributed by atoms with E-state index in [1.165, 1.54) is 24.1 Å². The number of nitrogens with zero attached hydrogens (tertiary/aromatic N) is 1. The molecule has 8 heteroatoms. The average molecular weight is 355 g/mol. The van der Waals surface area contributed by atoms with Gasteiger partial charge in [-0.2, -0.15) is 0 Å². The van der Waals surface area contributed by atoms with Gasteiger partial charge >= 0.3 is 5.97 Å². The summed E-state index contributed by atoms with van der Waals surface area (Å²) in [4.78, 5) is 37.2. The van der Waals surface area contributed by atoms with Crippen LogP contribution >= 0.6 is 11.6 Å². The third-order valence-electron chi connectivity index (χ3n) is 3.86. The molecule has 1 fully saturated rings. The maximum Gasteiger partial charge on any atom is 0.342 e. The molecule has 2 rings (SSSR count). The molecule has 0 saturated carbocycles. The zero-order valence-corrected chi connectivity index (χ0v) is 14.0. The van der Waals surface area contributed by atoms with Crippen LogP contribution in [0.2, 0.25) is 5.02 Å². The van der Waals surface area contributed by atoms with Crippen LogP contribution in [0.5, 0.6) is 5.75 Å². The molecule has 1 aliphatic heterocycles. The summed E-state index contributed by atoms with van der Waals surface area (Å²) in [6.07, 6.45) is 2.14.